The van der Waals surface area contributed by atoms with Crippen molar-refractivity contribution in [2.45, 2.75) is 26.4 Å². The van der Waals surface area contributed by atoms with Gasteiger partial charge in [0.2, 0.25) is 0 Å². The normalized spacial score (nSPS) is 35.0. The molecule has 0 aromatic rings. The lowest BCUT2D eigenvalue weighted by molar-refractivity contribution is 0.150. The minimum atomic E-state index is -3.08. The highest BCUT2D eigenvalue weighted by Crippen LogP contribution is 2.33. The van der Waals surface area contributed by atoms with Crippen LogP contribution in [0.3, 0.4) is 0 Å². The molecule has 0 saturated carbocycles. The fraction of sp³-hybridized carbons (Fsp3) is 1.00. The number of alkyl halides is 1. The summed E-state index contributed by atoms with van der Waals surface area (Å²) < 4.78 is 34.9. The first-order chi connectivity index (χ1) is 4.83. The highest BCUT2D eigenvalue weighted by Gasteiger charge is 2.38. The van der Waals surface area contributed by atoms with Gasteiger partial charge < -0.3 is 0 Å². The quantitative estimate of drug-likeness (QED) is 0.560. The summed E-state index contributed by atoms with van der Waals surface area (Å²) in [6.45, 7) is 3.54. The number of hydrogen-bond donors (Lipinski definition) is 0. The number of hydrogen-bond acceptors (Lipinski definition) is 2. The van der Waals surface area contributed by atoms with Gasteiger partial charge in [0.1, 0.15) is 6.17 Å². The molecular formula is C7H13FO2S. The average Bonchev–Trinajstić information content (AvgIpc) is 1.81. The summed E-state index contributed by atoms with van der Waals surface area (Å²) in [5, 5.41) is 0. The molecule has 4 heteroatoms. The topological polar surface area (TPSA) is 34.1 Å². The Labute approximate surface area is 66.7 Å². The molecule has 2 nitrogen and oxygen atoms in total. The first-order valence-electron chi connectivity index (χ1n) is 3.68. The van der Waals surface area contributed by atoms with Gasteiger partial charge in [-0.3, -0.25) is 0 Å². The van der Waals surface area contributed by atoms with E-state index in [0.29, 0.717) is 6.42 Å². The zero-order valence-electron chi connectivity index (χ0n) is 6.80. The van der Waals surface area contributed by atoms with Gasteiger partial charge in [0, 0.05) is 0 Å². The maximum atomic E-state index is 13.1. The zero-order valence-corrected chi connectivity index (χ0v) is 7.62. The molecule has 1 rings (SSSR count). The number of halogens is 1. The van der Waals surface area contributed by atoms with Crippen LogP contribution in [0.2, 0.25) is 0 Å². The molecule has 1 aliphatic rings. The van der Waals surface area contributed by atoms with Gasteiger partial charge in [-0.2, -0.15) is 0 Å². The maximum absolute atomic E-state index is 13.1. The molecule has 11 heavy (non-hydrogen) atoms. The summed E-state index contributed by atoms with van der Waals surface area (Å²) in [4.78, 5) is 0. The van der Waals surface area contributed by atoms with Crippen molar-refractivity contribution in [3.05, 3.63) is 0 Å². The van der Waals surface area contributed by atoms with Crippen molar-refractivity contribution in [1.29, 1.82) is 0 Å². The Morgan fingerprint density at radius 3 is 2.36 bits per heavy atom. The Morgan fingerprint density at radius 2 is 2.00 bits per heavy atom. The van der Waals surface area contributed by atoms with Crippen molar-refractivity contribution in [2.24, 2.45) is 5.41 Å². The Kier molecular flexibility index (Phi) is 1.99. The second-order valence-corrected chi connectivity index (χ2v) is 6.05. The first kappa shape index (κ1) is 8.97. The summed E-state index contributed by atoms with van der Waals surface area (Å²) >= 11 is 0. The molecule has 0 N–H and O–H groups in total. The van der Waals surface area contributed by atoms with Crippen LogP contribution in [-0.4, -0.2) is 26.1 Å². The molecule has 1 saturated heterocycles. The predicted octanol–water partition coefficient (Wildman–Crippen LogP) is 1.17. The van der Waals surface area contributed by atoms with Crippen LogP contribution in [0.25, 0.3) is 0 Å². The second kappa shape index (κ2) is 2.44. The van der Waals surface area contributed by atoms with Gasteiger partial charge in [-0.15, -0.1) is 0 Å². The van der Waals surface area contributed by atoms with Crippen molar-refractivity contribution in [2.75, 3.05) is 11.5 Å². The van der Waals surface area contributed by atoms with Crippen LogP contribution in [0.4, 0.5) is 4.39 Å². The largest absolute Gasteiger partial charge is 0.246 e. The zero-order chi connectivity index (χ0) is 8.70. The van der Waals surface area contributed by atoms with Crippen LogP contribution >= 0.6 is 0 Å². The monoisotopic (exact) mass is 180 g/mol. The molecule has 1 heterocycles. The van der Waals surface area contributed by atoms with Gasteiger partial charge in [-0.1, -0.05) is 13.8 Å². The highest BCUT2D eigenvalue weighted by molar-refractivity contribution is 7.91. The van der Waals surface area contributed by atoms with E-state index in [9.17, 15) is 12.8 Å². The fourth-order valence-corrected chi connectivity index (χ4v) is 3.01. The van der Waals surface area contributed by atoms with E-state index in [1.54, 1.807) is 13.8 Å². The average molecular weight is 180 g/mol. The molecule has 66 valence electrons. The van der Waals surface area contributed by atoms with Crippen LogP contribution in [0, 0.1) is 5.41 Å². The van der Waals surface area contributed by atoms with E-state index >= 15 is 0 Å². The van der Waals surface area contributed by atoms with Crippen LogP contribution in [0.15, 0.2) is 0 Å². The summed E-state index contributed by atoms with van der Waals surface area (Å²) in [7, 11) is -3.08. The SMILES string of the molecule is CC1(C)CCS(=O)(=O)CC1F. The minimum absolute atomic E-state index is 0.139. The van der Waals surface area contributed by atoms with Gasteiger partial charge in [-0.05, 0) is 11.8 Å². The van der Waals surface area contributed by atoms with Crippen molar-refractivity contribution in [3.8, 4) is 0 Å². The van der Waals surface area contributed by atoms with Crippen molar-refractivity contribution in [3.63, 3.8) is 0 Å². The molecule has 0 amide bonds. The van der Waals surface area contributed by atoms with E-state index < -0.39 is 21.4 Å². The molecule has 0 bridgehead atoms. The van der Waals surface area contributed by atoms with Crippen LogP contribution in [0.1, 0.15) is 20.3 Å². The van der Waals surface area contributed by atoms with Crippen LogP contribution in [-0.2, 0) is 9.84 Å². The molecule has 0 aromatic carbocycles. The molecule has 0 aromatic heterocycles. The summed E-state index contributed by atoms with van der Waals surface area (Å²) in [5.74, 6) is -0.152. The Morgan fingerprint density at radius 1 is 1.45 bits per heavy atom. The molecule has 0 aliphatic carbocycles. The summed E-state index contributed by atoms with van der Waals surface area (Å²) in [6.07, 6.45) is -0.752. The molecule has 0 radical (unpaired) electrons. The molecule has 1 fully saturated rings. The van der Waals surface area contributed by atoms with Crippen molar-refractivity contribution in [1.82, 2.24) is 0 Å². The lowest BCUT2D eigenvalue weighted by Crippen LogP contribution is -2.39. The molecule has 0 spiro atoms. The number of sulfone groups is 1. The Hall–Kier alpha value is -0.120. The van der Waals surface area contributed by atoms with Gasteiger partial charge in [0.15, 0.2) is 9.84 Å². The third kappa shape index (κ3) is 1.92. The first-order valence-corrected chi connectivity index (χ1v) is 5.50. The van der Waals surface area contributed by atoms with Gasteiger partial charge >= 0.3 is 0 Å². The van der Waals surface area contributed by atoms with E-state index in [4.69, 9.17) is 0 Å². The second-order valence-electron chi connectivity index (χ2n) is 3.82. The smallest absolute Gasteiger partial charge is 0.153 e. The van der Waals surface area contributed by atoms with E-state index in [0.717, 1.165) is 0 Å². The van der Waals surface area contributed by atoms with Gasteiger partial charge in [0.05, 0.1) is 11.5 Å². The van der Waals surface area contributed by atoms with Crippen molar-refractivity contribution < 1.29 is 12.8 Å². The molecule has 1 atom stereocenters. The van der Waals surface area contributed by atoms with E-state index in [1.807, 2.05) is 0 Å². The Bertz CT molecular complexity index is 243. The lowest BCUT2D eigenvalue weighted by Gasteiger charge is -2.32. The third-order valence-electron chi connectivity index (χ3n) is 2.31. The molecule has 1 unspecified atom stereocenters. The fourth-order valence-electron chi connectivity index (χ4n) is 1.11. The summed E-state index contributed by atoms with van der Waals surface area (Å²) in [6, 6.07) is 0. The van der Waals surface area contributed by atoms with E-state index in [-0.39, 0.29) is 11.5 Å². The summed E-state index contributed by atoms with van der Waals surface area (Å²) in [5.41, 5.74) is -0.453. The maximum Gasteiger partial charge on any atom is 0.153 e. The van der Waals surface area contributed by atoms with Crippen molar-refractivity contribution >= 4 is 9.84 Å². The van der Waals surface area contributed by atoms with Crippen LogP contribution < -0.4 is 0 Å². The van der Waals surface area contributed by atoms with Gasteiger partial charge in [-0.25, -0.2) is 12.8 Å². The molecular weight excluding hydrogens is 167 g/mol. The van der Waals surface area contributed by atoms with Crippen LogP contribution in [0.5, 0.6) is 0 Å². The third-order valence-corrected chi connectivity index (χ3v) is 3.93. The van der Waals surface area contributed by atoms with Gasteiger partial charge in [0.25, 0.3) is 0 Å². The number of rotatable bonds is 0. The molecule has 1 aliphatic heterocycles. The van der Waals surface area contributed by atoms with E-state index in [1.165, 1.54) is 0 Å². The lowest BCUT2D eigenvalue weighted by atomic mass is 9.85. The standard InChI is InChI=1S/C7H13FO2S/c1-7(2)3-4-11(9,10)5-6(7)8/h6H,3-5H2,1-2H3. The Balaban J connectivity index is 2.78. The van der Waals surface area contributed by atoms with E-state index in [2.05, 4.69) is 0 Å². The predicted molar refractivity (Wildman–Crippen MR) is 41.9 cm³/mol. The minimum Gasteiger partial charge on any atom is -0.246 e. The highest BCUT2D eigenvalue weighted by atomic mass is 32.2.